The Morgan fingerprint density at radius 2 is 0.690 bits per heavy atom. The average molecular weight is 993 g/mol. The van der Waals surface area contributed by atoms with Gasteiger partial charge in [0, 0.05) is 68.5 Å². The van der Waals surface area contributed by atoms with Crippen LogP contribution in [0, 0.1) is 23.7 Å². The molecule has 0 bridgehead atoms. The summed E-state index contributed by atoms with van der Waals surface area (Å²) < 4.78 is 24.3. The molecular weight excluding hydrogens is 909 g/mol. The maximum atomic E-state index is 14.3. The van der Waals surface area contributed by atoms with Gasteiger partial charge in [-0.2, -0.15) is 20.3 Å². The minimum atomic E-state index is -0.652. The number of hydroxylamine groups is 8. The van der Waals surface area contributed by atoms with Crippen LogP contribution in [0.2, 0.25) is 0 Å². The van der Waals surface area contributed by atoms with Crippen molar-refractivity contribution in [3.05, 3.63) is 58.7 Å². The van der Waals surface area contributed by atoms with E-state index in [0.29, 0.717) is 30.4 Å². The third kappa shape index (κ3) is 11.0. The first-order chi connectivity index (χ1) is 32.8. The lowest BCUT2D eigenvalue weighted by Crippen LogP contribution is -2.49. The molecule has 396 valence electrons. The number of hydrogen-bond donors (Lipinski definition) is 0. The number of nitrogens with zero attached hydrogens (tertiary/aromatic N) is 4. The Labute approximate surface area is 423 Å². The van der Waals surface area contributed by atoms with Gasteiger partial charge in [-0.3, -0.25) is 0 Å². The third-order valence-corrected chi connectivity index (χ3v) is 16.6. The fourth-order valence-electron chi connectivity index (χ4n) is 13.2. The molecule has 4 saturated heterocycles. The van der Waals surface area contributed by atoms with E-state index in [2.05, 4.69) is 104 Å². The third-order valence-electron chi connectivity index (χ3n) is 16.6. The lowest BCUT2D eigenvalue weighted by atomic mass is 9.88. The first kappa shape index (κ1) is 56.3. The average Bonchev–Trinajstić information content (AvgIpc) is 3.78. The van der Waals surface area contributed by atoms with Gasteiger partial charge < -0.3 is 38.3 Å². The summed E-state index contributed by atoms with van der Waals surface area (Å²) in [6.07, 6.45) is 2.86. The van der Waals surface area contributed by atoms with E-state index < -0.39 is 46.0 Å². The maximum Gasteiger partial charge on any atom is 0.338 e. The van der Waals surface area contributed by atoms with Gasteiger partial charge >= 0.3 is 23.9 Å². The van der Waals surface area contributed by atoms with Crippen molar-refractivity contribution in [1.29, 1.82) is 0 Å². The van der Waals surface area contributed by atoms with E-state index >= 15 is 0 Å². The van der Waals surface area contributed by atoms with Gasteiger partial charge in [-0.1, -0.05) is 0 Å². The van der Waals surface area contributed by atoms with E-state index in [4.69, 9.17) is 38.3 Å². The number of hydrogen-bond acceptors (Lipinski definition) is 16. The second-order valence-corrected chi connectivity index (χ2v) is 24.5. The van der Waals surface area contributed by atoms with E-state index in [1.165, 1.54) is 12.1 Å². The first-order valence-corrected chi connectivity index (χ1v) is 25.2. The fourth-order valence-corrected chi connectivity index (χ4v) is 13.2. The highest BCUT2D eigenvalue weighted by Crippen LogP contribution is 2.48. The minimum Gasteiger partial charge on any atom is -0.462 e. The van der Waals surface area contributed by atoms with Gasteiger partial charge in [0.25, 0.3) is 0 Å². The molecule has 4 fully saturated rings. The van der Waals surface area contributed by atoms with Crippen LogP contribution in [-0.2, 0) is 38.3 Å². The lowest BCUT2D eigenvalue weighted by molar-refractivity contribution is -0.224. The van der Waals surface area contributed by atoms with Gasteiger partial charge in [0.1, 0.15) is 0 Å². The molecule has 5 atom stereocenters. The molecule has 2 aromatic rings. The summed E-state index contributed by atoms with van der Waals surface area (Å²) in [6.45, 7) is 31.5. The Kier molecular flexibility index (Phi) is 16.2. The van der Waals surface area contributed by atoms with Crippen molar-refractivity contribution in [2.75, 3.05) is 54.9 Å². The molecule has 5 unspecified atom stereocenters. The van der Waals surface area contributed by atoms with E-state index in [1.807, 2.05) is 20.3 Å². The monoisotopic (exact) mass is 993 g/mol. The van der Waals surface area contributed by atoms with Gasteiger partial charge in [-0.05, 0) is 177 Å². The Bertz CT molecular complexity index is 2230. The van der Waals surface area contributed by atoms with Gasteiger partial charge in [0.15, 0.2) is 0 Å². The Morgan fingerprint density at radius 1 is 0.423 bits per heavy atom. The SMILES string of the molecule is CON1C(C)CC(COC(=O)c2cc(C(=O)OCC3CC(C)(C)N(OC)C3(C)C)cc(-c3cc(C(=O)OCC4CC(C)(C)N(OC)C4(C)C)cc(C(=O)OCC4CC(C)(C)N(OC)C4(C)C)c3)c2)C1(C)C. The lowest BCUT2D eigenvalue weighted by Gasteiger charge is -2.39. The predicted molar refractivity (Wildman–Crippen MR) is 269 cm³/mol. The standard InChI is InChI=1S/C55H84N4O12/c1-34-20-41(52(8,9)56(34)64-16)30-68-45(60)37-21-35(22-38(25-37)46(61)69-31-42-27-49(2,3)57(65-17)53(42,10)11)36-23-39(47(62)70-32-43-28-50(4,5)58(66-18)54(43,12)13)26-40(24-36)48(63)71-33-44-29-51(6,7)59(67-19)55(44,14)15/h21-26,34,41-44H,20,27-33H2,1-19H3. The van der Waals surface area contributed by atoms with E-state index in [-0.39, 0.29) is 95.0 Å². The molecule has 16 nitrogen and oxygen atoms in total. The molecule has 0 spiro atoms. The van der Waals surface area contributed by atoms with Crippen LogP contribution in [0.25, 0.3) is 11.1 Å². The van der Waals surface area contributed by atoms with Crippen molar-refractivity contribution in [2.45, 2.75) is 174 Å². The number of esters is 4. The zero-order chi connectivity index (χ0) is 53.0. The van der Waals surface area contributed by atoms with Crippen LogP contribution in [0.1, 0.15) is 171 Å². The van der Waals surface area contributed by atoms with Gasteiger partial charge in [0.2, 0.25) is 0 Å². The van der Waals surface area contributed by atoms with Crippen LogP contribution < -0.4 is 0 Å². The molecule has 71 heavy (non-hydrogen) atoms. The Balaban J connectivity index is 1.37. The van der Waals surface area contributed by atoms with Crippen molar-refractivity contribution in [3.8, 4) is 11.1 Å². The summed E-state index contributed by atoms with van der Waals surface area (Å²) >= 11 is 0. The van der Waals surface area contributed by atoms with Crippen LogP contribution >= 0.6 is 0 Å². The summed E-state index contributed by atoms with van der Waals surface area (Å²) in [5, 5.41) is 7.76. The number of ether oxygens (including phenoxy) is 4. The molecule has 0 saturated carbocycles. The van der Waals surface area contributed by atoms with Crippen LogP contribution in [0.15, 0.2) is 36.4 Å². The molecule has 16 heteroatoms. The summed E-state index contributed by atoms with van der Waals surface area (Å²) in [7, 11) is 6.57. The molecule has 6 rings (SSSR count). The highest BCUT2D eigenvalue weighted by molar-refractivity contribution is 6.00. The molecule has 0 N–H and O–H groups in total. The number of carbonyl (C=O) groups is 4. The maximum absolute atomic E-state index is 14.3. The van der Waals surface area contributed by atoms with E-state index in [1.54, 1.807) is 52.7 Å². The van der Waals surface area contributed by atoms with E-state index in [0.717, 1.165) is 6.42 Å². The molecule has 0 aliphatic carbocycles. The molecule has 0 radical (unpaired) electrons. The molecule has 4 aliphatic heterocycles. The zero-order valence-electron chi connectivity index (χ0n) is 46.2. The molecule has 2 aromatic carbocycles. The highest BCUT2D eigenvalue weighted by Gasteiger charge is 2.55. The smallest absolute Gasteiger partial charge is 0.338 e. The van der Waals surface area contributed by atoms with Crippen molar-refractivity contribution in [2.24, 2.45) is 23.7 Å². The Hall–Kier alpha value is -4.00. The summed E-state index contributed by atoms with van der Waals surface area (Å²) in [5.41, 5.74) is -1.65. The van der Waals surface area contributed by atoms with Crippen LogP contribution in [0.5, 0.6) is 0 Å². The van der Waals surface area contributed by atoms with Gasteiger partial charge in [-0.15, -0.1) is 0 Å². The summed E-state index contributed by atoms with van der Waals surface area (Å²) in [5.74, 6) is -2.89. The van der Waals surface area contributed by atoms with Gasteiger partial charge in [0.05, 0.1) is 77.1 Å². The number of carbonyl (C=O) groups excluding carboxylic acids is 4. The quantitative estimate of drug-likeness (QED) is 0.109. The van der Waals surface area contributed by atoms with Crippen LogP contribution in [-0.4, -0.2) is 144 Å². The summed E-state index contributed by atoms with van der Waals surface area (Å²) in [4.78, 5) is 80.2. The summed E-state index contributed by atoms with van der Waals surface area (Å²) in [6, 6.07) is 9.46. The van der Waals surface area contributed by atoms with E-state index in [9.17, 15) is 19.2 Å². The molecule has 4 aliphatic rings. The molecule has 4 heterocycles. The molecular formula is C55H84N4O12. The molecule has 0 amide bonds. The second-order valence-electron chi connectivity index (χ2n) is 24.5. The first-order valence-electron chi connectivity index (χ1n) is 25.2. The van der Waals surface area contributed by atoms with Gasteiger partial charge in [-0.25, -0.2) is 19.2 Å². The fraction of sp³-hybridized carbons (Fsp3) is 0.709. The number of rotatable bonds is 17. The van der Waals surface area contributed by atoms with Crippen LogP contribution in [0.4, 0.5) is 0 Å². The second kappa shape index (κ2) is 20.4. The van der Waals surface area contributed by atoms with Crippen molar-refractivity contribution in [3.63, 3.8) is 0 Å². The highest BCUT2D eigenvalue weighted by atomic mass is 16.7. The minimum absolute atomic E-state index is 0.0483. The largest absolute Gasteiger partial charge is 0.462 e. The topological polar surface area (TPSA) is 155 Å². The van der Waals surface area contributed by atoms with Crippen molar-refractivity contribution < 1.29 is 57.5 Å². The zero-order valence-corrected chi connectivity index (χ0v) is 46.2. The Morgan fingerprint density at radius 3 is 0.915 bits per heavy atom. The normalized spacial score (nSPS) is 27.4. The number of benzene rings is 2. The molecule has 0 aromatic heterocycles. The van der Waals surface area contributed by atoms with Crippen molar-refractivity contribution in [1.82, 2.24) is 20.3 Å². The van der Waals surface area contributed by atoms with Crippen molar-refractivity contribution >= 4 is 23.9 Å². The predicted octanol–water partition coefficient (Wildman–Crippen LogP) is 9.35. The van der Waals surface area contributed by atoms with Crippen LogP contribution in [0.3, 0.4) is 0 Å².